The smallest absolute Gasteiger partial charge is 0.0456 e. The minimum atomic E-state index is 0.336. The highest BCUT2D eigenvalue weighted by molar-refractivity contribution is 4.67. The van der Waals surface area contributed by atoms with Crippen LogP contribution in [-0.2, 0) is 0 Å². The fraction of sp³-hybridized carbons (Fsp3) is 1.00. The third-order valence-electron chi connectivity index (χ3n) is 2.42. The predicted octanol–water partition coefficient (Wildman–Crippen LogP) is 3.47. The Labute approximate surface area is 83.5 Å². The van der Waals surface area contributed by atoms with E-state index >= 15 is 0 Å². The Morgan fingerprint density at radius 2 is 1.46 bits per heavy atom. The molecule has 0 radical (unpaired) electrons. The molecule has 2 atom stereocenters. The summed E-state index contributed by atoms with van der Waals surface area (Å²) in [6.07, 6.45) is 3.69. The van der Waals surface area contributed by atoms with Crippen LogP contribution in [0.2, 0.25) is 0 Å². The topological polar surface area (TPSA) is 20.2 Å². The molecule has 80 valence electrons. The van der Waals surface area contributed by atoms with Crippen molar-refractivity contribution in [1.29, 1.82) is 0 Å². The quantitative estimate of drug-likeness (QED) is 0.697. The molecular weight excluding hydrogens is 160 g/mol. The SMILES string of the molecule is CC(CO)CCC(C)CC(C)(C)C. The van der Waals surface area contributed by atoms with Gasteiger partial charge in [0.15, 0.2) is 0 Å². The molecule has 0 rings (SSSR count). The van der Waals surface area contributed by atoms with E-state index in [-0.39, 0.29) is 0 Å². The lowest BCUT2D eigenvalue weighted by Crippen LogP contribution is -2.12. The lowest BCUT2D eigenvalue weighted by molar-refractivity contribution is 0.214. The molecule has 0 aliphatic rings. The first-order chi connectivity index (χ1) is 5.85. The second-order valence-corrected chi connectivity index (χ2v) is 5.74. The van der Waals surface area contributed by atoms with Gasteiger partial charge >= 0.3 is 0 Å². The molecule has 0 saturated heterocycles. The van der Waals surface area contributed by atoms with Crippen LogP contribution < -0.4 is 0 Å². The molecule has 0 aliphatic carbocycles. The van der Waals surface area contributed by atoms with Gasteiger partial charge in [0.25, 0.3) is 0 Å². The second kappa shape index (κ2) is 5.64. The van der Waals surface area contributed by atoms with E-state index in [1.165, 1.54) is 12.8 Å². The molecule has 1 heteroatoms. The van der Waals surface area contributed by atoms with Gasteiger partial charge in [-0.1, -0.05) is 41.0 Å². The van der Waals surface area contributed by atoms with E-state index in [9.17, 15) is 0 Å². The van der Waals surface area contributed by atoms with Gasteiger partial charge in [-0.3, -0.25) is 0 Å². The average Bonchev–Trinajstić information content (AvgIpc) is 1.97. The average molecular weight is 186 g/mol. The highest BCUT2D eigenvalue weighted by Crippen LogP contribution is 2.27. The van der Waals surface area contributed by atoms with E-state index in [2.05, 4.69) is 34.6 Å². The Balaban J connectivity index is 3.57. The predicted molar refractivity (Wildman–Crippen MR) is 58.7 cm³/mol. The second-order valence-electron chi connectivity index (χ2n) is 5.74. The van der Waals surface area contributed by atoms with E-state index in [1.54, 1.807) is 0 Å². The Bertz CT molecular complexity index is 124. The van der Waals surface area contributed by atoms with E-state index in [4.69, 9.17) is 5.11 Å². The zero-order valence-electron chi connectivity index (χ0n) is 9.93. The van der Waals surface area contributed by atoms with Crippen molar-refractivity contribution in [2.45, 2.75) is 53.9 Å². The number of rotatable bonds is 5. The number of aliphatic hydroxyl groups is 1. The van der Waals surface area contributed by atoms with Crippen molar-refractivity contribution in [3.63, 3.8) is 0 Å². The fourth-order valence-corrected chi connectivity index (χ4v) is 1.81. The summed E-state index contributed by atoms with van der Waals surface area (Å²) >= 11 is 0. The van der Waals surface area contributed by atoms with Crippen LogP contribution >= 0.6 is 0 Å². The number of hydrogen-bond donors (Lipinski definition) is 1. The monoisotopic (exact) mass is 186 g/mol. The first-order valence-electron chi connectivity index (χ1n) is 5.46. The molecule has 0 amide bonds. The minimum Gasteiger partial charge on any atom is -0.396 e. The summed E-state index contributed by atoms with van der Waals surface area (Å²) in [7, 11) is 0. The van der Waals surface area contributed by atoms with E-state index in [1.807, 2.05) is 0 Å². The van der Waals surface area contributed by atoms with Crippen LogP contribution in [0.15, 0.2) is 0 Å². The molecule has 2 unspecified atom stereocenters. The van der Waals surface area contributed by atoms with Gasteiger partial charge in [-0.25, -0.2) is 0 Å². The van der Waals surface area contributed by atoms with Gasteiger partial charge in [0, 0.05) is 6.61 Å². The summed E-state index contributed by atoms with van der Waals surface area (Å²) in [4.78, 5) is 0. The van der Waals surface area contributed by atoms with Crippen LogP contribution in [0.3, 0.4) is 0 Å². The summed E-state index contributed by atoms with van der Waals surface area (Å²) in [6, 6.07) is 0. The highest BCUT2D eigenvalue weighted by Gasteiger charge is 2.15. The summed E-state index contributed by atoms with van der Waals surface area (Å²) in [5.74, 6) is 1.26. The van der Waals surface area contributed by atoms with Crippen LogP contribution in [0.1, 0.15) is 53.9 Å². The molecule has 0 aromatic carbocycles. The zero-order valence-corrected chi connectivity index (χ0v) is 9.93. The number of hydrogen-bond acceptors (Lipinski definition) is 1. The van der Waals surface area contributed by atoms with Gasteiger partial charge in [0.05, 0.1) is 0 Å². The number of aliphatic hydroxyl groups excluding tert-OH is 1. The molecule has 0 aromatic rings. The first kappa shape index (κ1) is 13.0. The van der Waals surface area contributed by atoms with Crippen LogP contribution in [-0.4, -0.2) is 11.7 Å². The molecule has 1 nitrogen and oxygen atoms in total. The Hall–Kier alpha value is -0.0400. The van der Waals surface area contributed by atoms with Gasteiger partial charge < -0.3 is 5.11 Å². The molecule has 1 N–H and O–H groups in total. The molecule has 13 heavy (non-hydrogen) atoms. The van der Waals surface area contributed by atoms with Crippen molar-refractivity contribution < 1.29 is 5.11 Å². The third kappa shape index (κ3) is 8.29. The van der Waals surface area contributed by atoms with Crippen LogP contribution in [0.25, 0.3) is 0 Å². The van der Waals surface area contributed by atoms with E-state index < -0.39 is 0 Å². The van der Waals surface area contributed by atoms with Gasteiger partial charge in [0.2, 0.25) is 0 Å². The van der Waals surface area contributed by atoms with E-state index in [0.717, 1.165) is 12.3 Å². The summed E-state index contributed by atoms with van der Waals surface area (Å²) in [5, 5.41) is 8.88. The lowest BCUT2D eigenvalue weighted by atomic mass is 9.83. The van der Waals surface area contributed by atoms with Crippen molar-refractivity contribution in [3.8, 4) is 0 Å². The van der Waals surface area contributed by atoms with E-state index in [0.29, 0.717) is 17.9 Å². The summed E-state index contributed by atoms with van der Waals surface area (Å²) < 4.78 is 0. The maximum atomic E-state index is 8.88. The maximum Gasteiger partial charge on any atom is 0.0456 e. The van der Waals surface area contributed by atoms with Crippen molar-refractivity contribution in [2.24, 2.45) is 17.3 Å². The molecule has 0 saturated carbocycles. The lowest BCUT2D eigenvalue weighted by Gasteiger charge is -2.23. The van der Waals surface area contributed by atoms with Crippen LogP contribution in [0.5, 0.6) is 0 Å². The van der Waals surface area contributed by atoms with Gasteiger partial charge in [-0.2, -0.15) is 0 Å². The van der Waals surface area contributed by atoms with Gasteiger partial charge in [-0.05, 0) is 30.1 Å². The largest absolute Gasteiger partial charge is 0.396 e. The van der Waals surface area contributed by atoms with Crippen LogP contribution in [0, 0.1) is 17.3 Å². The van der Waals surface area contributed by atoms with Gasteiger partial charge in [-0.15, -0.1) is 0 Å². The summed E-state index contributed by atoms with van der Waals surface area (Å²) in [5.41, 5.74) is 0.446. The van der Waals surface area contributed by atoms with Crippen molar-refractivity contribution in [3.05, 3.63) is 0 Å². The minimum absolute atomic E-state index is 0.336. The normalized spacial score (nSPS) is 17.1. The van der Waals surface area contributed by atoms with Crippen molar-refractivity contribution in [1.82, 2.24) is 0 Å². The Kier molecular flexibility index (Phi) is 5.62. The van der Waals surface area contributed by atoms with Crippen molar-refractivity contribution in [2.75, 3.05) is 6.61 Å². The van der Waals surface area contributed by atoms with Crippen molar-refractivity contribution >= 4 is 0 Å². The molecule has 0 spiro atoms. The van der Waals surface area contributed by atoms with Crippen LogP contribution in [0.4, 0.5) is 0 Å². The summed E-state index contributed by atoms with van der Waals surface area (Å²) in [6.45, 7) is 11.6. The molecule has 0 aliphatic heterocycles. The fourth-order valence-electron chi connectivity index (χ4n) is 1.81. The molecule has 0 aromatic heterocycles. The third-order valence-corrected chi connectivity index (χ3v) is 2.42. The molecule has 0 bridgehead atoms. The Morgan fingerprint density at radius 3 is 1.85 bits per heavy atom. The molecular formula is C12H26O. The Morgan fingerprint density at radius 1 is 1.00 bits per heavy atom. The molecule has 0 fully saturated rings. The maximum absolute atomic E-state index is 8.88. The first-order valence-corrected chi connectivity index (χ1v) is 5.46. The van der Waals surface area contributed by atoms with Gasteiger partial charge in [0.1, 0.15) is 0 Å². The zero-order chi connectivity index (χ0) is 10.5. The molecule has 0 heterocycles. The standard InChI is InChI=1S/C12H26O/c1-10(8-12(3,4)5)6-7-11(2)9-13/h10-11,13H,6-9H2,1-5H3. The highest BCUT2D eigenvalue weighted by atomic mass is 16.3.